The number of carbonyl (C=O) groups is 1. The Hall–Kier alpha value is -1.56. The highest BCUT2D eigenvalue weighted by molar-refractivity contribution is 9.10. The summed E-state index contributed by atoms with van der Waals surface area (Å²) in [5.74, 6) is 0.785. The lowest BCUT2D eigenvalue weighted by Gasteiger charge is -2.15. The lowest BCUT2D eigenvalue weighted by atomic mass is 10.4. The van der Waals surface area contributed by atoms with Crippen LogP contribution in [0.5, 0.6) is 0 Å². The van der Waals surface area contributed by atoms with Crippen molar-refractivity contribution < 1.29 is 9.53 Å². The summed E-state index contributed by atoms with van der Waals surface area (Å²) in [5, 5.41) is 0. The molecule has 18 heavy (non-hydrogen) atoms. The van der Waals surface area contributed by atoms with E-state index in [4.69, 9.17) is 4.74 Å². The second kappa shape index (κ2) is 5.39. The number of carbonyl (C=O) groups excluding carboxylic acids is 1. The van der Waals surface area contributed by atoms with Crippen molar-refractivity contribution in [2.24, 2.45) is 0 Å². The number of nitrogens with zero attached hydrogens (tertiary/aromatic N) is 3. The van der Waals surface area contributed by atoms with Gasteiger partial charge in [0.2, 0.25) is 0 Å². The number of hydrogen-bond donors (Lipinski definition) is 0. The van der Waals surface area contributed by atoms with Crippen LogP contribution in [0.4, 0.5) is 4.79 Å². The maximum Gasteiger partial charge on any atom is 0.409 e. The zero-order valence-electron chi connectivity index (χ0n) is 10.3. The lowest BCUT2D eigenvalue weighted by molar-refractivity contribution is 0.113. The molecule has 2 rings (SSSR count). The van der Waals surface area contributed by atoms with Gasteiger partial charge in [-0.2, -0.15) is 0 Å². The summed E-state index contributed by atoms with van der Waals surface area (Å²) < 4.78 is 7.65. The average molecular weight is 312 g/mol. The van der Waals surface area contributed by atoms with E-state index in [1.165, 1.54) is 4.90 Å². The van der Waals surface area contributed by atoms with E-state index in [9.17, 15) is 4.79 Å². The number of aromatic nitrogens is 2. The van der Waals surface area contributed by atoms with Crippen molar-refractivity contribution in [2.45, 2.75) is 13.5 Å². The van der Waals surface area contributed by atoms with E-state index >= 15 is 0 Å². The fourth-order valence-corrected chi connectivity index (χ4v) is 2.21. The van der Waals surface area contributed by atoms with Crippen molar-refractivity contribution >= 4 is 27.5 Å². The molecule has 2 heterocycles. The third-order valence-electron chi connectivity index (χ3n) is 2.53. The number of rotatable bonds is 3. The minimum Gasteiger partial charge on any atom is -0.450 e. The molecule has 0 radical (unpaired) electrons. The zero-order valence-corrected chi connectivity index (χ0v) is 11.8. The third-order valence-corrected chi connectivity index (χ3v) is 3.12. The van der Waals surface area contributed by atoms with Crippen LogP contribution in [-0.2, 0) is 11.3 Å². The largest absolute Gasteiger partial charge is 0.450 e. The molecule has 0 unspecified atom stereocenters. The van der Waals surface area contributed by atoms with Gasteiger partial charge >= 0.3 is 6.09 Å². The Morgan fingerprint density at radius 1 is 1.56 bits per heavy atom. The molecular formula is C12H14BrN3O2. The highest BCUT2D eigenvalue weighted by Crippen LogP contribution is 2.19. The van der Waals surface area contributed by atoms with Gasteiger partial charge in [-0.25, -0.2) is 9.78 Å². The summed E-state index contributed by atoms with van der Waals surface area (Å²) in [7, 11) is 1.69. The molecule has 2 aromatic heterocycles. The van der Waals surface area contributed by atoms with Gasteiger partial charge < -0.3 is 14.0 Å². The summed E-state index contributed by atoms with van der Waals surface area (Å²) in [6.07, 6.45) is 1.57. The first-order valence-corrected chi connectivity index (χ1v) is 6.42. The molecule has 0 spiro atoms. The molecule has 0 aliphatic heterocycles. The molecule has 0 saturated carbocycles. The third kappa shape index (κ3) is 2.48. The molecule has 0 N–H and O–H groups in total. The SMILES string of the molecule is CCOC(=O)N(C)Cc1nc(Br)c2ccccn12. The monoisotopic (exact) mass is 311 g/mol. The zero-order chi connectivity index (χ0) is 13.1. The normalized spacial score (nSPS) is 10.6. The first-order chi connectivity index (χ1) is 8.63. The quantitative estimate of drug-likeness (QED) is 0.875. The number of hydrogen-bond acceptors (Lipinski definition) is 3. The molecule has 96 valence electrons. The van der Waals surface area contributed by atoms with Crippen LogP contribution in [0.3, 0.4) is 0 Å². The van der Waals surface area contributed by atoms with Gasteiger partial charge in [0.1, 0.15) is 10.4 Å². The summed E-state index contributed by atoms with van der Waals surface area (Å²) in [5.41, 5.74) is 0.977. The van der Waals surface area contributed by atoms with Crippen LogP contribution in [-0.4, -0.2) is 34.0 Å². The molecule has 0 aliphatic rings. The minimum atomic E-state index is -0.346. The molecule has 6 heteroatoms. The van der Waals surface area contributed by atoms with Crippen LogP contribution in [0.15, 0.2) is 29.0 Å². The second-order valence-corrected chi connectivity index (χ2v) is 4.58. The topological polar surface area (TPSA) is 46.8 Å². The average Bonchev–Trinajstić information content (AvgIpc) is 2.67. The Morgan fingerprint density at radius 2 is 2.33 bits per heavy atom. The van der Waals surface area contributed by atoms with Gasteiger partial charge in [-0.05, 0) is 35.0 Å². The molecule has 2 aromatic rings. The fourth-order valence-electron chi connectivity index (χ4n) is 1.68. The van der Waals surface area contributed by atoms with E-state index in [0.717, 1.165) is 15.9 Å². The number of halogens is 1. The predicted molar refractivity (Wildman–Crippen MR) is 71.4 cm³/mol. The maximum atomic E-state index is 11.5. The fraction of sp³-hybridized carbons (Fsp3) is 0.333. The van der Waals surface area contributed by atoms with Gasteiger partial charge in [0.25, 0.3) is 0 Å². The number of amides is 1. The van der Waals surface area contributed by atoms with E-state index in [2.05, 4.69) is 20.9 Å². The minimum absolute atomic E-state index is 0.346. The molecular weight excluding hydrogens is 298 g/mol. The Labute approximate surface area is 113 Å². The molecule has 0 saturated heterocycles. The van der Waals surface area contributed by atoms with Crippen LogP contribution in [0.25, 0.3) is 5.52 Å². The highest BCUT2D eigenvalue weighted by atomic mass is 79.9. The molecule has 0 fully saturated rings. The Kier molecular flexibility index (Phi) is 3.86. The summed E-state index contributed by atoms with van der Waals surface area (Å²) >= 11 is 3.41. The highest BCUT2D eigenvalue weighted by Gasteiger charge is 2.14. The van der Waals surface area contributed by atoms with E-state index < -0.39 is 0 Å². The first kappa shape index (κ1) is 12.9. The lowest BCUT2D eigenvalue weighted by Crippen LogP contribution is -2.27. The Morgan fingerprint density at radius 3 is 3.06 bits per heavy atom. The van der Waals surface area contributed by atoms with Crippen molar-refractivity contribution in [1.29, 1.82) is 0 Å². The van der Waals surface area contributed by atoms with Crippen LogP contribution in [0, 0.1) is 0 Å². The van der Waals surface area contributed by atoms with Crippen LogP contribution in [0.2, 0.25) is 0 Å². The van der Waals surface area contributed by atoms with E-state index in [-0.39, 0.29) is 6.09 Å². The number of imidazole rings is 1. The van der Waals surface area contributed by atoms with E-state index in [0.29, 0.717) is 13.2 Å². The van der Waals surface area contributed by atoms with Gasteiger partial charge in [-0.1, -0.05) is 6.07 Å². The van der Waals surface area contributed by atoms with Crippen molar-refractivity contribution in [3.63, 3.8) is 0 Å². The molecule has 0 aromatic carbocycles. The standard InChI is InChI=1S/C12H14BrN3O2/c1-3-18-12(17)15(2)8-10-14-11(13)9-6-4-5-7-16(9)10/h4-7H,3,8H2,1-2H3. The molecule has 5 nitrogen and oxygen atoms in total. The van der Waals surface area contributed by atoms with Gasteiger partial charge in [-0.15, -0.1) is 0 Å². The molecule has 0 bridgehead atoms. The summed E-state index contributed by atoms with van der Waals surface area (Å²) in [6, 6.07) is 5.83. The predicted octanol–water partition coefficient (Wildman–Crippen LogP) is 2.69. The Bertz CT molecular complexity index is 567. The molecule has 0 aliphatic carbocycles. The smallest absolute Gasteiger partial charge is 0.409 e. The second-order valence-electron chi connectivity index (χ2n) is 3.83. The van der Waals surface area contributed by atoms with Crippen LogP contribution >= 0.6 is 15.9 Å². The van der Waals surface area contributed by atoms with Gasteiger partial charge in [0.15, 0.2) is 0 Å². The maximum absolute atomic E-state index is 11.5. The van der Waals surface area contributed by atoms with Crippen molar-refractivity contribution in [2.75, 3.05) is 13.7 Å². The van der Waals surface area contributed by atoms with E-state index in [1.807, 2.05) is 28.8 Å². The molecule has 0 atom stereocenters. The van der Waals surface area contributed by atoms with E-state index in [1.54, 1.807) is 14.0 Å². The van der Waals surface area contributed by atoms with Crippen LogP contribution < -0.4 is 0 Å². The van der Waals surface area contributed by atoms with Crippen molar-refractivity contribution in [3.05, 3.63) is 34.8 Å². The molecule has 1 amide bonds. The van der Waals surface area contributed by atoms with Crippen LogP contribution in [0.1, 0.15) is 12.7 Å². The van der Waals surface area contributed by atoms with Crippen molar-refractivity contribution in [3.8, 4) is 0 Å². The number of ether oxygens (including phenoxy) is 1. The van der Waals surface area contributed by atoms with Gasteiger partial charge in [-0.3, -0.25) is 0 Å². The Balaban J connectivity index is 2.24. The summed E-state index contributed by atoms with van der Waals surface area (Å²) in [4.78, 5) is 17.4. The number of pyridine rings is 1. The van der Waals surface area contributed by atoms with Crippen molar-refractivity contribution in [1.82, 2.24) is 14.3 Å². The number of fused-ring (bicyclic) bond motifs is 1. The van der Waals surface area contributed by atoms with Gasteiger partial charge in [0.05, 0.1) is 18.7 Å². The summed E-state index contributed by atoms with van der Waals surface area (Å²) in [6.45, 7) is 2.55. The first-order valence-electron chi connectivity index (χ1n) is 5.62. The van der Waals surface area contributed by atoms with Gasteiger partial charge in [0, 0.05) is 13.2 Å².